The summed E-state index contributed by atoms with van der Waals surface area (Å²) in [6.07, 6.45) is -3.77. The Balaban J connectivity index is 2.77. The lowest BCUT2D eigenvalue weighted by Crippen LogP contribution is -2.11. The third-order valence-corrected chi connectivity index (χ3v) is 3.25. The zero-order valence-electron chi connectivity index (χ0n) is 11.5. The molecular formula is C14H14ClF3N2O. The molecular weight excluding hydrogens is 305 g/mol. The van der Waals surface area contributed by atoms with Gasteiger partial charge in [0.25, 0.3) is 0 Å². The summed E-state index contributed by atoms with van der Waals surface area (Å²) in [7, 11) is 1.45. The molecule has 0 saturated carbocycles. The lowest BCUT2D eigenvalue weighted by molar-refractivity contribution is -0.140. The van der Waals surface area contributed by atoms with Crippen LogP contribution in [0, 0.1) is 0 Å². The molecule has 21 heavy (non-hydrogen) atoms. The second-order valence-corrected chi connectivity index (χ2v) is 4.86. The molecule has 2 rings (SSSR count). The number of alkyl halides is 3. The average Bonchev–Trinajstić information content (AvgIpc) is 2.44. The van der Waals surface area contributed by atoms with Crippen molar-refractivity contribution < 1.29 is 17.9 Å². The van der Waals surface area contributed by atoms with Gasteiger partial charge in [-0.05, 0) is 24.6 Å². The summed E-state index contributed by atoms with van der Waals surface area (Å²) in [6.45, 7) is 2.46. The maximum absolute atomic E-state index is 13.0. The molecule has 0 saturated heterocycles. The predicted molar refractivity (Wildman–Crippen MR) is 77.1 cm³/mol. The minimum absolute atomic E-state index is 0.0736. The quantitative estimate of drug-likeness (QED) is 0.884. The van der Waals surface area contributed by atoms with Crippen LogP contribution in [0.25, 0.3) is 10.9 Å². The van der Waals surface area contributed by atoms with Crippen LogP contribution in [0.5, 0.6) is 5.75 Å². The smallest absolute Gasteiger partial charge is 0.433 e. The van der Waals surface area contributed by atoms with Crippen molar-refractivity contribution in [3.63, 3.8) is 0 Å². The minimum Gasteiger partial charge on any atom is -0.496 e. The van der Waals surface area contributed by atoms with Crippen LogP contribution in [0.1, 0.15) is 19.0 Å². The zero-order valence-corrected chi connectivity index (χ0v) is 12.3. The number of hydrogen-bond donors (Lipinski definition) is 1. The van der Waals surface area contributed by atoms with Gasteiger partial charge in [0.1, 0.15) is 11.4 Å². The molecule has 1 N–H and O–H groups in total. The molecule has 3 nitrogen and oxygen atoms in total. The number of fused-ring (bicyclic) bond motifs is 1. The molecule has 1 heterocycles. The molecule has 0 spiro atoms. The summed E-state index contributed by atoms with van der Waals surface area (Å²) in [6, 6.07) is 4.06. The van der Waals surface area contributed by atoms with Gasteiger partial charge in [-0.2, -0.15) is 13.2 Å². The normalized spacial score (nSPS) is 11.7. The highest BCUT2D eigenvalue weighted by molar-refractivity contribution is 6.35. The SMILES string of the molecule is CCCNc1cc(C(F)(F)F)nc2c(Cl)ccc(OC)c12. The van der Waals surface area contributed by atoms with Gasteiger partial charge in [0, 0.05) is 12.2 Å². The first-order chi connectivity index (χ1) is 9.88. The van der Waals surface area contributed by atoms with E-state index >= 15 is 0 Å². The molecule has 0 unspecified atom stereocenters. The van der Waals surface area contributed by atoms with Crippen molar-refractivity contribution in [3.8, 4) is 5.75 Å². The summed E-state index contributed by atoms with van der Waals surface area (Å²) in [5.41, 5.74) is -0.596. The third-order valence-electron chi connectivity index (χ3n) is 2.95. The molecule has 7 heteroatoms. The molecule has 0 bridgehead atoms. The molecule has 114 valence electrons. The van der Waals surface area contributed by atoms with E-state index in [4.69, 9.17) is 16.3 Å². The Labute approximate surface area is 125 Å². The summed E-state index contributed by atoms with van der Waals surface area (Å²) < 4.78 is 44.1. The van der Waals surface area contributed by atoms with Crippen molar-refractivity contribution in [3.05, 3.63) is 28.9 Å². The van der Waals surface area contributed by atoms with Crippen molar-refractivity contribution in [2.75, 3.05) is 19.0 Å². The van der Waals surface area contributed by atoms with E-state index in [2.05, 4.69) is 10.3 Å². The van der Waals surface area contributed by atoms with Crippen molar-refractivity contribution in [1.82, 2.24) is 4.98 Å². The number of halogens is 4. The molecule has 0 radical (unpaired) electrons. The van der Waals surface area contributed by atoms with E-state index in [-0.39, 0.29) is 10.5 Å². The maximum Gasteiger partial charge on any atom is 0.433 e. The van der Waals surface area contributed by atoms with Crippen LogP contribution >= 0.6 is 11.6 Å². The largest absolute Gasteiger partial charge is 0.496 e. The average molecular weight is 319 g/mol. The fourth-order valence-electron chi connectivity index (χ4n) is 1.99. The molecule has 1 aromatic carbocycles. The number of ether oxygens (including phenoxy) is 1. The van der Waals surface area contributed by atoms with Gasteiger partial charge in [-0.1, -0.05) is 18.5 Å². The topological polar surface area (TPSA) is 34.2 Å². The van der Waals surface area contributed by atoms with Gasteiger partial charge in [-0.25, -0.2) is 4.98 Å². The highest BCUT2D eigenvalue weighted by atomic mass is 35.5. The van der Waals surface area contributed by atoms with Gasteiger partial charge in [-0.3, -0.25) is 0 Å². The number of anilines is 1. The molecule has 0 atom stereocenters. The highest BCUT2D eigenvalue weighted by Gasteiger charge is 2.34. The number of methoxy groups -OCH3 is 1. The summed E-state index contributed by atoms with van der Waals surface area (Å²) in [4.78, 5) is 3.65. The van der Waals surface area contributed by atoms with E-state index in [1.807, 2.05) is 6.92 Å². The Morgan fingerprint density at radius 2 is 2.05 bits per heavy atom. The van der Waals surface area contributed by atoms with E-state index in [1.54, 1.807) is 6.07 Å². The van der Waals surface area contributed by atoms with E-state index in [9.17, 15) is 13.2 Å². The first-order valence-corrected chi connectivity index (χ1v) is 6.74. The Kier molecular flexibility index (Phi) is 4.46. The number of benzene rings is 1. The summed E-state index contributed by atoms with van der Waals surface area (Å²) in [5.74, 6) is 0.425. The van der Waals surface area contributed by atoms with Crippen LogP contribution < -0.4 is 10.1 Å². The zero-order chi connectivity index (χ0) is 15.6. The van der Waals surface area contributed by atoms with Gasteiger partial charge in [0.15, 0.2) is 0 Å². The van der Waals surface area contributed by atoms with Crippen molar-refractivity contribution in [2.24, 2.45) is 0 Å². The van der Waals surface area contributed by atoms with E-state index in [0.29, 0.717) is 23.4 Å². The molecule has 0 aliphatic heterocycles. The van der Waals surface area contributed by atoms with Gasteiger partial charge >= 0.3 is 6.18 Å². The van der Waals surface area contributed by atoms with Crippen LogP contribution in [-0.4, -0.2) is 18.6 Å². The number of hydrogen-bond acceptors (Lipinski definition) is 3. The standard InChI is InChI=1S/C14H14ClF3N2O/c1-3-6-19-9-7-11(14(16,17)18)20-13-8(15)4-5-10(21-2)12(9)13/h4-5,7H,3,6H2,1-2H3,(H,19,20). The fraction of sp³-hybridized carbons (Fsp3) is 0.357. The molecule has 1 aromatic heterocycles. The molecule has 2 aromatic rings. The van der Waals surface area contributed by atoms with Crippen molar-refractivity contribution >= 4 is 28.2 Å². The van der Waals surface area contributed by atoms with Gasteiger partial charge in [0.2, 0.25) is 0 Å². The number of aromatic nitrogens is 1. The number of nitrogens with zero attached hydrogens (tertiary/aromatic N) is 1. The van der Waals surface area contributed by atoms with Crippen LogP contribution in [-0.2, 0) is 6.18 Å². The highest BCUT2D eigenvalue weighted by Crippen LogP contribution is 2.39. The second kappa shape index (κ2) is 5.97. The molecule has 0 aliphatic rings. The van der Waals surface area contributed by atoms with E-state index < -0.39 is 11.9 Å². The number of nitrogens with one attached hydrogen (secondary N) is 1. The van der Waals surface area contributed by atoms with Gasteiger partial charge in [0.05, 0.1) is 23.0 Å². The Morgan fingerprint density at radius 3 is 2.62 bits per heavy atom. The minimum atomic E-state index is -4.54. The van der Waals surface area contributed by atoms with Crippen molar-refractivity contribution in [1.29, 1.82) is 0 Å². The first-order valence-electron chi connectivity index (χ1n) is 6.36. The van der Waals surface area contributed by atoms with Gasteiger partial charge in [-0.15, -0.1) is 0 Å². The lowest BCUT2D eigenvalue weighted by atomic mass is 10.1. The van der Waals surface area contributed by atoms with Crippen molar-refractivity contribution in [2.45, 2.75) is 19.5 Å². The Morgan fingerprint density at radius 1 is 1.33 bits per heavy atom. The molecule has 0 fully saturated rings. The van der Waals surface area contributed by atoms with Crippen LogP contribution in [0.4, 0.5) is 18.9 Å². The van der Waals surface area contributed by atoms with E-state index in [0.717, 1.165) is 12.5 Å². The second-order valence-electron chi connectivity index (χ2n) is 4.45. The van der Waals surface area contributed by atoms with E-state index in [1.165, 1.54) is 13.2 Å². The Hall–Kier alpha value is -1.69. The van der Waals surface area contributed by atoms with Crippen LogP contribution in [0.3, 0.4) is 0 Å². The summed E-state index contributed by atoms with van der Waals surface area (Å²) >= 11 is 6.00. The fourth-order valence-corrected chi connectivity index (χ4v) is 2.19. The number of pyridine rings is 1. The van der Waals surface area contributed by atoms with Crippen LogP contribution in [0.15, 0.2) is 18.2 Å². The monoisotopic (exact) mass is 318 g/mol. The third kappa shape index (κ3) is 3.15. The number of rotatable bonds is 4. The molecule has 0 aliphatic carbocycles. The maximum atomic E-state index is 13.0. The lowest BCUT2D eigenvalue weighted by Gasteiger charge is -2.16. The first kappa shape index (κ1) is 15.7. The van der Waals surface area contributed by atoms with Gasteiger partial charge < -0.3 is 10.1 Å². The van der Waals surface area contributed by atoms with Crippen LogP contribution in [0.2, 0.25) is 5.02 Å². The molecule has 0 amide bonds. The predicted octanol–water partition coefficient (Wildman–Crippen LogP) is 4.74. The Bertz CT molecular complexity index is 659. The summed E-state index contributed by atoms with van der Waals surface area (Å²) in [5, 5.41) is 3.57.